The van der Waals surface area contributed by atoms with E-state index in [-0.39, 0.29) is 18.2 Å². The number of anilines is 2. The van der Waals surface area contributed by atoms with Crippen molar-refractivity contribution in [1.29, 1.82) is 0 Å². The Morgan fingerprint density at radius 3 is 2.73 bits per heavy atom. The molecule has 1 heterocycles. The molecular formula is C16H13BrN2O2S. The third-order valence-corrected chi connectivity index (χ3v) is 5.19. The third kappa shape index (κ3) is 3.34. The second-order valence-corrected chi connectivity index (χ2v) is 6.92. The largest absolute Gasteiger partial charge is 0.325 e. The summed E-state index contributed by atoms with van der Waals surface area (Å²) in [4.78, 5) is 25.2. The van der Waals surface area contributed by atoms with Gasteiger partial charge in [-0.25, -0.2) is 0 Å². The van der Waals surface area contributed by atoms with Crippen LogP contribution in [0.15, 0.2) is 57.9 Å². The number of thioether (sulfide) groups is 1. The van der Waals surface area contributed by atoms with E-state index in [0.29, 0.717) is 5.69 Å². The molecule has 6 heteroatoms. The molecule has 0 spiro atoms. The summed E-state index contributed by atoms with van der Waals surface area (Å²) in [6.07, 6.45) is 0.131. The van der Waals surface area contributed by atoms with E-state index >= 15 is 0 Å². The van der Waals surface area contributed by atoms with Crippen molar-refractivity contribution in [2.24, 2.45) is 0 Å². The molecule has 112 valence electrons. The van der Waals surface area contributed by atoms with Gasteiger partial charge in [-0.15, -0.1) is 11.8 Å². The number of hydrogen-bond donors (Lipinski definition) is 2. The van der Waals surface area contributed by atoms with Crippen LogP contribution < -0.4 is 10.6 Å². The Hall–Kier alpha value is -1.79. The quantitative estimate of drug-likeness (QED) is 0.853. The normalized spacial score (nSPS) is 16.6. The molecule has 0 saturated carbocycles. The molecule has 3 rings (SSSR count). The van der Waals surface area contributed by atoms with Crippen LogP contribution in [0, 0.1) is 0 Å². The van der Waals surface area contributed by atoms with Gasteiger partial charge in [0.05, 0.1) is 16.6 Å². The number of rotatable bonds is 3. The molecule has 1 aliphatic heterocycles. The van der Waals surface area contributed by atoms with Gasteiger partial charge in [0, 0.05) is 15.8 Å². The van der Waals surface area contributed by atoms with Gasteiger partial charge in [-0.3, -0.25) is 9.59 Å². The maximum atomic E-state index is 12.2. The SMILES string of the molecule is O=C(C[C@H]1Sc2ccccc2NC1=O)Nc1ccccc1Br. The molecule has 1 aliphatic rings. The smallest absolute Gasteiger partial charge is 0.238 e. The van der Waals surface area contributed by atoms with Crippen LogP contribution in [-0.2, 0) is 9.59 Å². The number of nitrogens with one attached hydrogen (secondary N) is 2. The number of benzene rings is 2. The van der Waals surface area contributed by atoms with Crippen LogP contribution >= 0.6 is 27.7 Å². The van der Waals surface area contributed by atoms with Gasteiger partial charge < -0.3 is 10.6 Å². The summed E-state index contributed by atoms with van der Waals surface area (Å²) >= 11 is 4.81. The van der Waals surface area contributed by atoms with Crippen molar-refractivity contribution in [3.05, 3.63) is 53.0 Å². The second kappa shape index (κ2) is 6.54. The fraction of sp³-hybridized carbons (Fsp3) is 0.125. The van der Waals surface area contributed by atoms with Gasteiger partial charge in [0.25, 0.3) is 0 Å². The van der Waals surface area contributed by atoms with Crippen molar-refractivity contribution in [3.63, 3.8) is 0 Å². The molecule has 0 aliphatic carbocycles. The van der Waals surface area contributed by atoms with E-state index in [0.717, 1.165) is 15.1 Å². The van der Waals surface area contributed by atoms with Gasteiger partial charge in [-0.1, -0.05) is 24.3 Å². The fourth-order valence-electron chi connectivity index (χ4n) is 2.16. The molecule has 2 N–H and O–H groups in total. The number of halogens is 1. The van der Waals surface area contributed by atoms with E-state index < -0.39 is 5.25 Å². The van der Waals surface area contributed by atoms with E-state index in [9.17, 15) is 9.59 Å². The van der Waals surface area contributed by atoms with Crippen LogP contribution in [0.1, 0.15) is 6.42 Å². The molecule has 2 aromatic carbocycles. The Kier molecular flexibility index (Phi) is 4.49. The summed E-state index contributed by atoms with van der Waals surface area (Å²) in [5.74, 6) is -0.315. The molecule has 0 saturated heterocycles. The lowest BCUT2D eigenvalue weighted by molar-refractivity contribution is -0.120. The van der Waals surface area contributed by atoms with Gasteiger partial charge in [-0.2, -0.15) is 0 Å². The van der Waals surface area contributed by atoms with Crippen LogP contribution in [-0.4, -0.2) is 17.1 Å². The molecule has 1 atom stereocenters. The number of amides is 2. The van der Waals surface area contributed by atoms with E-state index in [2.05, 4.69) is 26.6 Å². The van der Waals surface area contributed by atoms with Gasteiger partial charge in [-0.05, 0) is 40.2 Å². The monoisotopic (exact) mass is 376 g/mol. The van der Waals surface area contributed by atoms with Gasteiger partial charge in [0.1, 0.15) is 0 Å². The Bertz CT molecular complexity index is 736. The van der Waals surface area contributed by atoms with Crippen LogP contribution in [0.2, 0.25) is 0 Å². The third-order valence-electron chi connectivity index (χ3n) is 3.23. The fourth-order valence-corrected chi connectivity index (χ4v) is 3.65. The highest BCUT2D eigenvalue weighted by Crippen LogP contribution is 2.36. The van der Waals surface area contributed by atoms with Gasteiger partial charge in [0.15, 0.2) is 0 Å². The maximum absolute atomic E-state index is 12.2. The Balaban J connectivity index is 1.67. The van der Waals surface area contributed by atoms with E-state index in [1.807, 2.05) is 48.5 Å². The zero-order valence-corrected chi connectivity index (χ0v) is 13.9. The number of carbonyl (C=O) groups excluding carboxylic acids is 2. The Labute approximate surface area is 140 Å². The molecular weight excluding hydrogens is 364 g/mol. The Morgan fingerprint density at radius 2 is 1.91 bits per heavy atom. The molecule has 0 radical (unpaired) electrons. The first kappa shape index (κ1) is 15.1. The molecule has 0 aromatic heterocycles. The zero-order valence-electron chi connectivity index (χ0n) is 11.5. The summed E-state index contributed by atoms with van der Waals surface area (Å²) in [6.45, 7) is 0. The van der Waals surface area contributed by atoms with Gasteiger partial charge >= 0.3 is 0 Å². The summed E-state index contributed by atoms with van der Waals surface area (Å²) in [6, 6.07) is 15.0. The Morgan fingerprint density at radius 1 is 1.18 bits per heavy atom. The minimum absolute atomic E-state index is 0.131. The first-order valence-electron chi connectivity index (χ1n) is 6.74. The van der Waals surface area contributed by atoms with E-state index in [1.165, 1.54) is 11.8 Å². The minimum atomic E-state index is -0.419. The van der Waals surface area contributed by atoms with Crippen LogP contribution in [0.3, 0.4) is 0 Å². The van der Waals surface area contributed by atoms with Crippen LogP contribution in [0.5, 0.6) is 0 Å². The van der Waals surface area contributed by atoms with Crippen molar-refractivity contribution in [1.82, 2.24) is 0 Å². The van der Waals surface area contributed by atoms with Crippen LogP contribution in [0.25, 0.3) is 0 Å². The minimum Gasteiger partial charge on any atom is -0.325 e. The number of para-hydroxylation sites is 2. The summed E-state index contributed by atoms with van der Waals surface area (Å²) < 4.78 is 0.814. The molecule has 4 nitrogen and oxygen atoms in total. The highest BCUT2D eigenvalue weighted by atomic mass is 79.9. The lowest BCUT2D eigenvalue weighted by Gasteiger charge is -2.23. The van der Waals surface area contributed by atoms with Crippen molar-refractivity contribution >= 4 is 50.9 Å². The van der Waals surface area contributed by atoms with Crippen molar-refractivity contribution < 1.29 is 9.59 Å². The molecule has 2 aromatic rings. The van der Waals surface area contributed by atoms with E-state index in [4.69, 9.17) is 0 Å². The average molecular weight is 377 g/mol. The van der Waals surface area contributed by atoms with Gasteiger partial charge in [0.2, 0.25) is 11.8 Å². The topological polar surface area (TPSA) is 58.2 Å². The molecule has 2 amide bonds. The highest BCUT2D eigenvalue weighted by molar-refractivity contribution is 9.10. The molecule has 22 heavy (non-hydrogen) atoms. The van der Waals surface area contributed by atoms with Crippen LogP contribution in [0.4, 0.5) is 11.4 Å². The number of hydrogen-bond acceptors (Lipinski definition) is 3. The van der Waals surface area contributed by atoms with E-state index in [1.54, 1.807) is 0 Å². The molecule has 0 unspecified atom stereocenters. The molecule has 0 bridgehead atoms. The van der Waals surface area contributed by atoms with Crippen molar-refractivity contribution in [2.75, 3.05) is 10.6 Å². The average Bonchev–Trinajstić information content (AvgIpc) is 2.50. The second-order valence-electron chi connectivity index (χ2n) is 4.82. The predicted molar refractivity (Wildman–Crippen MR) is 92.1 cm³/mol. The zero-order chi connectivity index (χ0) is 15.5. The lowest BCUT2D eigenvalue weighted by Crippen LogP contribution is -2.32. The number of fused-ring (bicyclic) bond motifs is 1. The first-order valence-corrected chi connectivity index (χ1v) is 8.41. The highest BCUT2D eigenvalue weighted by Gasteiger charge is 2.28. The molecule has 0 fully saturated rings. The maximum Gasteiger partial charge on any atom is 0.238 e. The van der Waals surface area contributed by atoms with Crippen molar-refractivity contribution in [2.45, 2.75) is 16.6 Å². The summed E-state index contributed by atoms with van der Waals surface area (Å²) in [7, 11) is 0. The van der Waals surface area contributed by atoms with Crippen molar-refractivity contribution in [3.8, 4) is 0 Å². The summed E-state index contributed by atoms with van der Waals surface area (Å²) in [5, 5.41) is 5.25. The predicted octanol–water partition coefficient (Wildman–Crippen LogP) is 3.89. The number of carbonyl (C=O) groups is 2. The summed E-state index contributed by atoms with van der Waals surface area (Å²) in [5.41, 5.74) is 1.51. The lowest BCUT2D eigenvalue weighted by atomic mass is 10.2. The standard InChI is InChI=1S/C16H13BrN2O2S/c17-10-5-1-2-6-11(10)18-15(20)9-14-16(21)19-12-7-3-4-8-13(12)22-14/h1-8,14H,9H2,(H,18,20)(H,19,21)/t14-/m1/s1. The first-order chi connectivity index (χ1) is 10.6.